The summed E-state index contributed by atoms with van der Waals surface area (Å²) in [4.78, 5) is 0. The fraction of sp³-hybridized carbons (Fsp3) is 0.647. The highest BCUT2D eigenvalue weighted by molar-refractivity contribution is 5.28. The van der Waals surface area contributed by atoms with Gasteiger partial charge in [0.15, 0.2) is 0 Å². The van der Waals surface area contributed by atoms with Gasteiger partial charge in [0.05, 0.1) is 6.61 Å². The predicted molar refractivity (Wildman–Crippen MR) is 84.3 cm³/mol. The largest absolute Gasteiger partial charge is 0.491 e. The molecule has 0 saturated heterocycles. The van der Waals surface area contributed by atoms with Gasteiger partial charge in [-0.25, -0.2) is 0 Å². The summed E-state index contributed by atoms with van der Waals surface area (Å²) in [5.74, 6) is 1.60. The van der Waals surface area contributed by atoms with Crippen LogP contribution in [0.3, 0.4) is 0 Å². The van der Waals surface area contributed by atoms with Crippen molar-refractivity contribution < 1.29 is 9.47 Å². The van der Waals surface area contributed by atoms with Crippen molar-refractivity contribution in [2.75, 3.05) is 26.4 Å². The van der Waals surface area contributed by atoms with Crippen LogP contribution in [0, 0.1) is 5.92 Å². The van der Waals surface area contributed by atoms with E-state index in [2.05, 4.69) is 45.1 Å². The van der Waals surface area contributed by atoms with Crippen molar-refractivity contribution in [3.05, 3.63) is 29.8 Å². The van der Waals surface area contributed by atoms with Gasteiger partial charge < -0.3 is 14.8 Å². The van der Waals surface area contributed by atoms with Crippen molar-refractivity contribution in [1.82, 2.24) is 5.32 Å². The highest BCUT2D eigenvalue weighted by Gasteiger charge is 2.03. The summed E-state index contributed by atoms with van der Waals surface area (Å²) in [5, 5.41) is 3.40. The molecule has 0 aliphatic carbocycles. The molecule has 0 spiro atoms. The van der Waals surface area contributed by atoms with E-state index in [1.54, 1.807) is 0 Å². The van der Waals surface area contributed by atoms with Crippen molar-refractivity contribution >= 4 is 0 Å². The second kappa shape index (κ2) is 9.78. The Morgan fingerprint density at radius 2 is 1.70 bits per heavy atom. The molecule has 3 heteroatoms. The SMILES string of the molecule is CCNC(C)c1ccc(OCCOCCC(C)C)cc1. The summed E-state index contributed by atoms with van der Waals surface area (Å²) in [6.07, 6.45) is 1.11. The van der Waals surface area contributed by atoms with Gasteiger partial charge in [-0.1, -0.05) is 32.9 Å². The quantitative estimate of drug-likeness (QED) is 0.661. The predicted octanol–water partition coefficient (Wildman–Crippen LogP) is 3.80. The Morgan fingerprint density at radius 1 is 1.00 bits per heavy atom. The average Bonchev–Trinajstić information content (AvgIpc) is 2.43. The second-order valence-electron chi connectivity index (χ2n) is 5.49. The number of nitrogens with one attached hydrogen (secondary N) is 1. The lowest BCUT2D eigenvalue weighted by Gasteiger charge is -2.13. The monoisotopic (exact) mass is 279 g/mol. The molecule has 3 nitrogen and oxygen atoms in total. The van der Waals surface area contributed by atoms with Crippen molar-refractivity contribution in [2.24, 2.45) is 5.92 Å². The van der Waals surface area contributed by atoms with Crippen LogP contribution in [0.1, 0.15) is 45.7 Å². The summed E-state index contributed by atoms with van der Waals surface area (Å²) in [5.41, 5.74) is 1.28. The molecule has 114 valence electrons. The Kier molecular flexibility index (Phi) is 8.31. The lowest BCUT2D eigenvalue weighted by atomic mass is 10.1. The molecule has 0 amide bonds. The van der Waals surface area contributed by atoms with Crippen LogP contribution >= 0.6 is 0 Å². The number of hydrogen-bond donors (Lipinski definition) is 1. The number of benzene rings is 1. The van der Waals surface area contributed by atoms with Gasteiger partial charge in [-0.05, 0) is 43.5 Å². The third kappa shape index (κ3) is 6.92. The van der Waals surface area contributed by atoms with Crippen LogP contribution in [0.2, 0.25) is 0 Å². The molecule has 0 radical (unpaired) electrons. The van der Waals surface area contributed by atoms with Crippen LogP contribution < -0.4 is 10.1 Å². The lowest BCUT2D eigenvalue weighted by Crippen LogP contribution is -2.17. The maximum absolute atomic E-state index is 5.66. The molecule has 1 aromatic carbocycles. The fourth-order valence-corrected chi connectivity index (χ4v) is 1.92. The Hall–Kier alpha value is -1.06. The van der Waals surface area contributed by atoms with E-state index >= 15 is 0 Å². The van der Waals surface area contributed by atoms with E-state index in [1.165, 1.54) is 5.56 Å². The van der Waals surface area contributed by atoms with Crippen LogP contribution in [0.4, 0.5) is 0 Å². The Bertz CT molecular complexity index is 349. The number of hydrogen-bond acceptors (Lipinski definition) is 3. The third-order valence-corrected chi connectivity index (χ3v) is 3.23. The van der Waals surface area contributed by atoms with E-state index in [1.807, 2.05) is 12.1 Å². The molecule has 1 aromatic rings. The first kappa shape index (κ1) is 17.0. The maximum Gasteiger partial charge on any atom is 0.119 e. The molecule has 20 heavy (non-hydrogen) atoms. The first-order valence-corrected chi connectivity index (χ1v) is 7.67. The minimum Gasteiger partial charge on any atom is -0.491 e. The fourth-order valence-electron chi connectivity index (χ4n) is 1.92. The van der Waals surface area contributed by atoms with Crippen molar-refractivity contribution in [3.63, 3.8) is 0 Å². The highest BCUT2D eigenvalue weighted by Crippen LogP contribution is 2.17. The normalized spacial score (nSPS) is 12.7. The summed E-state index contributed by atoms with van der Waals surface area (Å²) in [6, 6.07) is 8.66. The maximum atomic E-state index is 5.66. The summed E-state index contributed by atoms with van der Waals surface area (Å²) in [7, 11) is 0. The van der Waals surface area contributed by atoms with Gasteiger partial charge in [-0.3, -0.25) is 0 Å². The number of ether oxygens (including phenoxy) is 2. The molecule has 1 unspecified atom stereocenters. The van der Waals surface area contributed by atoms with Gasteiger partial charge in [0, 0.05) is 12.6 Å². The van der Waals surface area contributed by atoms with Crippen molar-refractivity contribution in [2.45, 2.75) is 40.2 Å². The highest BCUT2D eigenvalue weighted by atomic mass is 16.5. The Labute approximate surface area is 123 Å². The average molecular weight is 279 g/mol. The zero-order valence-corrected chi connectivity index (χ0v) is 13.3. The van der Waals surface area contributed by atoms with Gasteiger partial charge in [-0.15, -0.1) is 0 Å². The van der Waals surface area contributed by atoms with Crippen LogP contribution in [-0.4, -0.2) is 26.4 Å². The topological polar surface area (TPSA) is 30.5 Å². The smallest absolute Gasteiger partial charge is 0.119 e. The van der Waals surface area contributed by atoms with Crippen LogP contribution in [0.15, 0.2) is 24.3 Å². The van der Waals surface area contributed by atoms with Gasteiger partial charge in [0.25, 0.3) is 0 Å². The molecule has 0 aliphatic rings. The molecule has 0 saturated carbocycles. The van der Waals surface area contributed by atoms with E-state index in [0.717, 1.165) is 25.3 Å². The standard InChI is InChI=1S/C17H29NO2/c1-5-18-15(4)16-6-8-17(9-7-16)20-13-12-19-11-10-14(2)3/h6-9,14-15,18H,5,10-13H2,1-4H3. The molecule has 0 aliphatic heterocycles. The minimum atomic E-state index is 0.383. The van der Waals surface area contributed by atoms with Gasteiger partial charge in [-0.2, -0.15) is 0 Å². The van der Waals surface area contributed by atoms with Gasteiger partial charge in [0.2, 0.25) is 0 Å². The molecule has 0 fully saturated rings. The summed E-state index contributed by atoms with van der Waals surface area (Å²) >= 11 is 0. The first-order chi connectivity index (χ1) is 9.63. The van der Waals surface area contributed by atoms with E-state index < -0.39 is 0 Å². The molecule has 1 atom stereocenters. The third-order valence-electron chi connectivity index (χ3n) is 3.23. The molecule has 1 rings (SSSR count). The first-order valence-electron chi connectivity index (χ1n) is 7.67. The van der Waals surface area contributed by atoms with Crippen LogP contribution in [0.25, 0.3) is 0 Å². The Morgan fingerprint density at radius 3 is 2.30 bits per heavy atom. The second-order valence-corrected chi connectivity index (χ2v) is 5.49. The van der Waals surface area contributed by atoms with Crippen LogP contribution in [0.5, 0.6) is 5.75 Å². The van der Waals surface area contributed by atoms with Crippen molar-refractivity contribution in [3.8, 4) is 5.75 Å². The van der Waals surface area contributed by atoms with Crippen LogP contribution in [-0.2, 0) is 4.74 Å². The molecule has 0 bridgehead atoms. The lowest BCUT2D eigenvalue weighted by molar-refractivity contribution is 0.0926. The summed E-state index contributed by atoms with van der Waals surface area (Å²) < 4.78 is 11.2. The van der Waals surface area contributed by atoms with E-state index in [-0.39, 0.29) is 0 Å². The molecule has 0 heterocycles. The summed E-state index contributed by atoms with van der Waals surface area (Å²) in [6.45, 7) is 11.8. The zero-order valence-electron chi connectivity index (χ0n) is 13.3. The molecular weight excluding hydrogens is 250 g/mol. The van der Waals surface area contributed by atoms with Crippen molar-refractivity contribution in [1.29, 1.82) is 0 Å². The molecule has 0 aromatic heterocycles. The minimum absolute atomic E-state index is 0.383. The van der Waals surface area contributed by atoms with E-state index in [0.29, 0.717) is 25.2 Å². The van der Waals surface area contributed by atoms with Gasteiger partial charge >= 0.3 is 0 Å². The Balaban J connectivity index is 2.21. The van der Waals surface area contributed by atoms with E-state index in [9.17, 15) is 0 Å². The zero-order chi connectivity index (χ0) is 14.8. The van der Waals surface area contributed by atoms with Gasteiger partial charge in [0.1, 0.15) is 12.4 Å². The molecular formula is C17H29NO2. The van der Waals surface area contributed by atoms with E-state index in [4.69, 9.17) is 9.47 Å². The molecule has 1 N–H and O–H groups in total. The number of rotatable bonds is 10.